The van der Waals surface area contributed by atoms with Gasteiger partial charge in [-0.2, -0.15) is 0 Å². The van der Waals surface area contributed by atoms with Crippen LogP contribution in [0.15, 0.2) is 30.6 Å². The van der Waals surface area contributed by atoms with Gasteiger partial charge in [0, 0.05) is 19.3 Å². The summed E-state index contributed by atoms with van der Waals surface area (Å²) in [4.78, 5) is 33.6. The number of nitrogens with zero attached hydrogens (tertiary/aromatic N) is 3. The molecule has 2 aromatic rings. The van der Waals surface area contributed by atoms with Crippen molar-refractivity contribution in [3.8, 4) is 0 Å². The molecule has 0 saturated carbocycles. The summed E-state index contributed by atoms with van der Waals surface area (Å²) in [5.41, 5.74) is 2.66. The maximum absolute atomic E-state index is 11.8. The van der Waals surface area contributed by atoms with Crippen molar-refractivity contribution in [3.63, 3.8) is 0 Å². The number of halogens is 1. The molecule has 2 heterocycles. The molecule has 0 amide bonds. The van der Waals surface area contributed by atoms with Crippen molar-refractivity contribution >= 4 is 41.1 Å². The van der Waals surface area contributed by atoms with E-state index in [1.807, 2.05) is 6.92 Å². The second-order valence-corrected chi connectivity index (χ2v) is 5.93. The third-order valence-electron chi connectivity index (χ3n) is 3.82. The fraction of sp³-hybridized carbons (Fsp3) is 0.263. The van der Waals surface area contributed by atoms with Gasteiger partial charge in [-0.15, -0.1) is 0 Å². The predicted octanol–water partition coefficient (Wildman–Crippen LogP) is 3.57. The van der Waals surface area contributed by atoms with Gasteiger partial charge in [0.1, 0.15) is 11.0 Å². The summed E-state index contributed by atoms with van der Waals surface area (Å²) in [7, 11) is 3.08. The molecule has 8 heteroatoms. The van der Waals surface area contributed by atoms with E-state index in [2.05, 4.69) is 9.97 Å². The minimum Gasteiger partial charge on any atom is -0.465 e. The molecule has 27 heavy (non-hydrogen) atoms. The quantitative estimate of drug-likeness (QED) is 0.424. The number of esters is 2. The molecule has 2 aromatic heterocycles. The lowest BCUT2D eigenvalue weighted by atomic mass is 10.1. The molecule has 0 radical (unpaired) electrons. The summed E-state index contributed by atoms with van der Waals surface area (Å²) >= 11 is 6.04. The molecule has 0 aromatic carbocycles. The van der Waals surface area contributed by atoms with Crippen LogP contribution in [0.5, 0.6) is 0 Å². The van der Waals surface area contributed by atoms with Crippen molar-refractivity contribution < 1.29 is 19.1 Å². The fourth-order valence-corrected chi connectivity index (χ4v) is 2.60. The van der Waals surface area contributed by atoms with E-state index in [4.69, 9.17) is 21.1 Å². The molecule has 0 bridgehead atoms. The summed E-state index contributed by atoms with van der Waals surface area (Å²) in [5.74, 6) is -0.468. The predicted molar refractivity (Wildman–Crippen MR) is 103 cm³/mol. The number of rotatable bonds is 6. The van der Waals surface area contributed by atoms with Crippen molar-refractivity contribution in [2.24, 2.45) is 0 Å². The van der Waals surface area contributed by atoms with Crippen molar-refractivity contribution in [2.45, 2.75) is 13.8 Å². The first-order valence-electron chi connectivity index (χ1n) is 8.16. The smallest absolute Gasteiger partial charge is 0.338 e. The van der Waals surface area contributed by atoms with Crippen molar-refractivity contribution in [1.82, 2.24) is 9.97 Å². The molecule has 0 spiro atoms. The first-order chi connectivity index (χ1) is 12.9. The van der Waals surface area contributed by atoms with Gasteiger partial charge < -0.3 is 14.4 Å². The van der Waals surface area contributed by atoms with E-state index in [0.29, 0.717) is 18.0 Å². The van der Waals surface area contributed by atoms with Crippen LogP contribution in [0.3, 0.4) is 0 Å². The maximum Gasteiger partial charge on any atom is 0.338 e. The topological polar surface area (TPSA) is 81.6 Å². The summed E-state index contributed by atoms with van der Waals surface area (Å²) in [6.45, 7) is 3.95. The highest BCUT2D eigenvalue weighted by Gasteiger charge is 2.15. The molecule has 142 valence electrons. The van der Waals surface area contributed by atoms with Crippen LogP contribution in [0.25, 0.3) is 6.08 Å². The number of carbonyl (C=O) groups is 2. The number of aromatic nitrogens is 2. The van der Waals surface area contributed by atoms with Crippen molar-refractivity contribution in [2.75, 3.05) is 25.7 Å². The summed E-state index contributed by atoms with van der Waals surface area (Å²) in [6.07, 6.45) is 6.30. The lowest BCUT2D eigenvalue weighted by Crippen LogP contribution is -2.15. The monoisotopic (exact) mass is 389 g/mol. The third kappa shape index (κ3) is 5.04. The molecular weight excluding hydrogens is 370 g/mol. The van der Waals surface area contributed by atoms with Gasteiger partial charge in [-0.1, -0.05) is 11.6 Å². The highest BCUT2D eigenvalue weighted by Crippen LogP contribution is 2.29. The van der Waals surface area contributed by atoms with Gasteiger partial charge in [0.25, 0.3) is 0 Å². The zero-order chi connectivity index (χ0) is 20.0. The first-order valence-corrected chi connectivity index (χ1v) is 8.54. The Morgan fingerprint density at radius 2 is 2.04 bits per heavy atom. The van der Waals surface area contributed by atoms with E-state index in [1.54, 1.807) is 43.4 Å². The molecule has 0 saturated heterocycles. The molecule has 0 atom stereocenters. The average Bonchev–Trinajstić information content (AvgIpc) is 2.65. The Morgan fingerprint density at radius 1 is 1.30 bits per heavy atom. The van der Waals surface area contributed by atoms with E-state index in [-0.39, 0.29) is 5.15 Å². The van der Waals surface area contributed by atoms with Crippen LogP contribution >= 0.6 is 11.6 Å². The van der Waals surface area contributed by atoms with Crippen LogP contribution in [-0.2, 0) is 14.3 Å². The SMILES string of the molecule is CCOC(=O)/C=C/c1cncc(N(C)c2cc(C(=O)OC)cc(Cl)n2)c1C. The molecule has 0 aliphatic carbocycles. The van der Waals surface area contributed by atoms with Gasteiger partial charge >= 0.3 is 11.9 Å². The van der Waals surface area contributed by atoms with Crippen LogP contribution in [0.2, 0.25) is 5.15 Å². The zero-order valence-corrected chi connectivity index (χ0v) is 16.3. The minimum atomic E-state index is -0.505. The highest BCUT2D eigenvalue weighted by atomic mass is 35.5. The largest absolute Gasteiger partial charge is 0.465 e. The molecule has 2 rings (SSSR count). The lowest BCUT2D eigenvalue weighted by Gasteiger charge is -2.21. The lowest BCUT2D eigenvalue weighted by molar-refractivity contribution is -0.137. The molecule has 7 nitrogen and oxygen atoms in total. The van der Waals surface area contributed by atoms with Gasteiger partial charge in [-0.25, -0.2) is 14.6 Å². The first kappa shape index (κ1) is 20.4. The summed E-state index contributed by atoms with van der Waals surface area (Å²) in [5, 5.41) is 0.170. The number of methoxy groups -OCH3 is 1. The second-order valence-electron chi connectivity index (χ2n) is 5.55. The van der Waals surface area contributed by atoms with Crippen LogP contribution in [0.1, 0.15) is 28.4 Å². The zero-order valence-electron chi connectivity index (χ0n) is 15.5. The highest BCUT2D eigenvalue weighted by molar-refractivity contribution is 6.29. The Labute approximate surface area is 162 Å². The normalized spacial score (nSPS) is 10.7. The number of anilines is 2. The van der Waals surface area contributed by atoms with Crippen LogP contribution < -0.4 is 4.90 Å². The van der Waals surface area contributed by atoms with Gasteiger partial charge in [0.2, 0.25) is 0 Å². The van der Waals surface area contributed by atoms with Crippen molar-refractivity contribution in [3.05, 3.63) is 52.4 Å². The Balaban J connectivity index is 2.38. The van der Waals surface area contributed by atoms with E-state index in [9.17, 15) is 9.59 Å². The standard InChI is InChI=1S/C19H20ClN3O4/c1-5-27-18(24)7-6-13-10-21-11-15(12(13)2)23(3)17-9-14(19(25)26-4)8-16(20)22-17/h6-11H,5H2,1-4H3/b7-6+. The molecule has 0 N–H and O–H groups in total. The van der Waals surface area contributed by atoms with Crippen molar-refractivity contribution in [1.29, 1.82) is 0 Å². The minimum absolute atomic E-state index is 0.170. The average molecular weight is 390 g/mol. The van der Waals surface area contributed by atoms with Gasteiger partial charge in [-0.05, 0) is 43.2 Å². The van der Waals surface area contributed by atoms with Gasteiger partial charge in [0.15, 0.2) is 0 Å². The Morgan fingerprint density at radius 3 is 2.70 bits per heavy atom. The van der Waals surface area contributed by atoms with Gasteiger partial charge in [0.05, 0.1) is 31.2 Å². The summed E-state index contributed by atoms with van der Waals surface area (Å²) in [6, 6.07) is 3.02. The maximum atomic E-state index is 11.8. The number of hydrogen-bond donors (Lipinski definition) is 0. The van der Waals surface area contributed by atoms with Crippen LogP contribution in [0.4, 0.5) is 11.5 Å². The fourth-order valence-electron chi connectivity index (χ4n) is 2.40. The molecule has 0 aliphatic heterocycles. The Bertz CT molecular complexity index is 883. The molecular formula is C19H20ClN3O4. The van der Waals surface area contributed by atoms with E-state index >= 15 is 0 Å². The Kier molecular flexibility index (Phi) is 6.90. The van der Waals surface area contributed by atoms with E-state index < -0.39 is 11.9 Å². The number of carbonyl (C=O) groups excluding carboxylic acids is 2. The molecule has 0 fully saturated rings. The Hall–Kier alpha value is -2.93. The second kappa shape index (κ2) is 9.14. The third-order valence-corrected chi connectivity index (χ3v) is 4.01. The van der Waals surface area contributed by atoms with E-state index in [1.165, 1.54) is 19.3 Å². The number of hydrogen-bond acceptors (Lipinski definition) is 7. The number of pyridine rings is 2. The van der Waals surface area contributed by atoms with E-state index in [0.717, 1.165) is 16.8 Å². The summed E-state index contributed by atoms with van der Waals surface area (Å²) < 4.78 is 9.62. The molecule has 0 aliphatic rings. The van der Waals surface area contributed by atoms with Crippen LogP contribution in [0, 0.1) is 6.92 Å². The van der Waals surface area contributed by atoms with Crippen LogP contribution in [-0.4, -0.2) is 42.7 Å². The molecule has 0 unspecified atom stereocenters. The number of ether oxygens (including phenoxy) is 2. The van der Waals surface area contributed by atoms with Gasteiger partial charge in [-0.3, -0.25) is 4.98 Å².